The van der Waals surface area contributed by atoms with E-state index in [1.807, 2.05) is 0 Å². The van der Waals surface area contributed by atoms with E-state index in [0.29, 0.717) is 5.50 Å². The third-order valence-corrected chi connectivity index (χ3v) is 10.7. The van der Waals surface area contributed by atoms with Gasteiger partial charge in [0.05, 0.1) is 6.61 Å². The molecule has 0 rings (SSSR count). The summed E-state index contributed by atoms with van der Waals surface area (Å²) in [5.41, 5.74) is 0.655. The molecule has 0 unspecified atom stereocenters. The molecule has 11 heavy (non-hydrogen) atoms. The molecule has 0 fully saturated rings. The predicted octanol–water partition coefficient (Wildman–Crippen LogP) is 3.01. The Hall–Kier alpha value is 1.17. The van der Waals surface area contributed by atoms with E-state index < -0.39 is 8.07 Å². The number of rotatable bonds is 3. The summed E-state index contributed by atoms with van der Waals surface area (Å²) < 4.78 is 1.87. The van der Waals surface area contributed by atoms with Gasteiger partial charge in [-0.15, -0.1) is 11.6 Å². The van der Waals surface area contributed by atoms with Gasteiger partial charge in [-0.2, -0.15) is 0 Å². The van der Waals surface area contributed by atoms with Crippen LogP contribution in [0.4, 0.5) is 0 Å². The maximum atomic E-state index is 8.81. The van der Waals surface area contributed by atoms with Crippen molar-refractivity contribution >= 4 is 51.5 Å². The molecule has 0 radical (unpaired) electrons. The van der Waals surface area contributed by atoms with Gasteiger partial charge in [-0.05, 0) is 4.11 Å². The maximum absolute atomic E-state index is 8.81. The number of halogens is 3. The molecule has 5 heteroatoms. The molecule has 0 aromatic heterocycles. The summed E-state index contributed by atoms with van der Waals surface area (Å²) in [7, 11) is -1.51. The van der Waals surface area contributed by atoms with Crippen molar-refractivity contribution in [1.29, 1.82) is 0 Å². The minimum Gasteiger partial charge on any atom is -0.391 e. The molecule has 0 aliphatic heterocycles. The van der Waals surface area contributed by atoms with Gasteiger partial charge in [-0.1, -0.05) is 45.0 Å². The second-order valence-corrected chi connectivity index (χ2v) is 10.7. The number of aliphatic hydroxyl groups excluding tert-OH is 1. The summed E-state index contributed by atoms with van der Waals surface area (Å²) in [6.07, 6.45) is 0. The van der Waals surface area contributed by atoms with E-state index in [0.717, 1.165) is 8.59 Å². The van der Waals surface area contributed by atoms with Crippen LogP contribution in [0, 0.1) is 0 Å². The van der Waals surface area contributed by atoms with Crippen molar-refractivity contribution in [2.24, 2.45) is 0 Å². The smallest absolute Gasteiger partial charge is 0.106 e. The molecule has 0 aliphatic rings. The Morgan fingerprint density at radius 3 is 2.18 bits per heavy atom. The zero-order valence-corrected chi connectivity index (χ0v) is 11.4. The fraction of sp³-hybridized carbons (Fsp3) is 0.667. The largest absolute Gasteiger partial charge is 0.391 e. The Labute approximate surface area is 90.1 Å². The quantitative estimate of drug-likeness (QED) is 0.625. The predicted molar refractivity (Wildman–Crippen MR) is 60.2 cm³/mol. The molecule has 1 N–H and O–H groups in total. The van der Waals surface area contributed by atoms with Crippen molar-refractivity contribution in [2.45, 2.75) is 13.1 Å². The second kappa shape index (κ2) is 5.02. The maximum Gasteiger partial charge on any atom is 0.106 e. The van der Waals surface area contributed by atoms with Crippen LogP contribution in [-0.4, -0.2) is 25.3 Å². The van der Waals surface area contributed by atoms with Crippen molar-refractivity contribution in [1.82, 2.24) is 0 Å². The van der Waals surface area contributed by atoms with Crippen LogP contribution in [-0.2, 0) is 0 Å². The average Bonchev–Trinajstić information content (AvgIpc) is 2.01. The number of alkyl halides is 1. The van der Waals surface area contributed by atoms with Crippen LogP contribution in [0.1, 0.15) is 0 Å². The lowest BCUT2D eigenvalue weighted by Gasteiger charge is -2.19. The minimum absolute atomic E-state index is 0.0356. The molecule has 0 amide bonds. The van der Waals surface area contributed by atoms with Crippen LogP contribution in [0.3, 0.4) is 0 Å². The Kier molecular flexibility index (Phi) is 5.55. The lowest BCUT2D eigenvalue weighted by atomic mass is 10.7. The lowest BCUT2D eigenvalue weighted by molar-refractivity contribution is 0.340. The summed E-state index contributed by atoms with van der Waals surface area (Å²) in [5, 5.41) is 8.81. The van der Waals surface area contributed by atoms with Gasteiger partial charge in [-0.3, -0.25) is 0 Å². The third kappa shape index (κ3) is 3.59. The highest BCUT2D eigenvalue weighted by Crippen LogP contribution is 2.28. The van der Waals surface area contributed by atoms with E-state index in [4.69, 9.17) is 16.7 Å². The zero-order chi connectivity index (χ0) is 9.07. The van der Waals surface area contributed by atoms with E-state index in [1.54, 1.807) is 0 Å². The summed E-state index contributed by atoms with van der Waals surface area (Å²) in [4.78, 5) is 0. The fourth-order valence-electron chi connectivity index (χ4n) is 0.495. The van der Waals surface area contributed by atoms with E-state index in [9.17, 15) is 0 Å². The summed E-state index contributed by atoms with van der Waals surface area (Å²) in [5.74, 6) is 0. The zero-order valence-electron chi connectivity index (χ0n) is 6.50. The second-order valence-electron chi connectivity index (χ2n) is 2.89. The Bertz CT molecular complexity index is 170. The summed E-state index contributed by atoms with van der Waals surface area (Å²) >= 11 is 12.5. The monoisotopic (exact) mass is 320 g/mol. The van der Waals surface area contributed by atoms with Gasteiger partial charge in [0.25, 0.3) is 0 Å². The van der Waals surface area contributed by atoms with Gasteiger partial charge in [0.15, 0.2) is 0 Å². The molecule has 0 heterocycles. The molecule has 0 saturated carbocycles. The van der Waals surface area contributed by atoms with Crippen molar-refractivity contribution in [3.63, 3.8) is 0 Å². The van der Waals surface area contributed by atoms with Crippen LogP contribution in [0.25, 0.3) is 0 Å². The first-order chi connectivity index (χ1) is 4.95. The normalized spacial score (nSPS) is 14.7. The molecule has 0 atom stereocenters. The lowest BCUT2D eigenvalue weighted by Crippen LogP contribution is -2.30. The number of aliphatic hydroxyl groups is 1. The van der Waals surface area contributed by atoms with Crippen molar-refractivity contribution in [3.8, 4) is 0 Å². The molecule has 0 saturated heterocycles. The van der Waals surface area contributed by atoms with E-state index in [-0.39, 0.29) is 6.61 Å². The molecular weight excluding hydrogens is 311 g/mol. The molecule has 66 valence electrons. The van der Waals surface area contributed by atoms with Gasteiger partial charge >= 0.3 is 0 Å². The molecule has 0 aromatic carbocycles. The molecular formula is C6H11Br2ClOSi. The highest BCUT2D eigenvalue weighted by Gasteiger charge is 2.25. The molecule has 0 spiro atoms. The average molecular weight is 323 g/mol. The summed E-state index contributed by atoms with van der Waals surface area (Å²) in [6, 6.07) is 0. The van der Waals surface area contributed by atoms with Crippen molar-refractivity contribution in [2.75, 3.05) is 12.1 Å². The van der Waals surface area contributed by atoms with E-state index in [1.165, 1.54) is 0 Å². The van der Waals surface area contributed by atoms with Gasteiger partial charge < -0.3 is 5.11 Å². The highest BCUT2D eigenvalue weighted by molar-refractivity contribution is 9.14. The minimum atomic E-state index is -1.51. The van der Waals surface area contributed by atoms with Crippen LogP contribution in [0.2, 0.25) is 13.1 Å². The van der Waals surface area contributed by atoms with Crippen LogP contribution in [0.5, 0.6) is 0 Å². The standard InChI is InChI=1S/C6H11Br2ClOSi/c1-11(2,4-9)6(8)5(7)3-10/h10H,3-4H2,1-2H3/b6-5-. The van der Waals surface area contributed by atoms with Crippen molar-refractivity contribution in [3.05, 3.63) is 8.59 Å². The third-order valence-electron chi connectivity index (χ3n) is 1.31. The fourth-order valence-corrected chi connectivity index (χ4v) is 4.47. The van der Waals surface area contributed by atoms with Gasteiger partial charge in [0, 0.05) is 9.99 Å². The number of hydrogen-bond donors (Lipinski definition) is 1. The molecule has 1 nitrogen and oxygen atoms in total. The first-order valence-corrected chi connectivity index (χ1v) is 8.50. The van der Waals surface area contributed by atoms with E-state index >= 15 is 0 Å². The van der Waals surface area contributed by atoms with Crippen LogP contribution < -0.4 is 0 Å². The first kappa shape index (κ1) is 12.2. The van der Waals surface area contributed by atoms with Gasteiger partial charge in [0.2, 0.25) is 0 Å². The summed E-state index contributed by atoms with van der Waals surface area (Å²) in [6.45, 7) is 4.32. The van der Waals surface area contributed by atoms with Gasteiger partial charge in [-0.25, -0.2) is 0 Å². The molecule has 0 bridgehead atoms. The first-order valence-electron chi connectivity index (χ1n) is 3.17. The topological polar surface area (TPSA) is 20.2 Å². The Morgan fingerprint density at radius 1 is 1.45 bits per heavy atom. The van der Waals surface area contributed by atoms with Crippen molar-refractivity contribution < 1.29 is 5.11 Å². The Morgan fingerprint density at radius 2 is 1.91 bits per heavy atom. The van der Waals surface area contributed by atoms with E-state index in [2.05, 4.69) is 45.0 Å². The highest BCUT2D eigenvalue weighted by atomic mass is 79.9. The molecule has 0 aromatic rings. The van der Waals surface area contributed by atoms with Gasteiger partial charge in [0.1, 0.15) is 8.07 Å². The Balaban J connectivity index is 4.57. The van der Waals surface area contributed by atoms with Crippen LogP contribution in [0.15, 0.2) is 8.59 Å². The molecule has 0 aliphatic carbocycles. The van der Waals surface area contributed by atoms with Crippen LogP contribution >= 0.6 is 43.5 Å². The SMILES string of the molecule is C[Si](C)(CCl)/C(Br)=C(\Br)CO. The number of hydrogen-bond acceptors (Lipinski definition) is 1.